The van der Waals surface area contributed by atoms with Crippen LogP contribution < -0.4 is 10.5 Å². The Labute approximate surface area is 116 Å². The first-order valence-corrected chi connectivity index (χ1v) is 6.12. The molecule has 19 heavy (non-hydrogen) atoms. The summed E-state index contributed by atoms with van der Waals surface area (Å²) >= 11 is 6.02. The first kappa shape index (κ1) is 13.4. The lowest BCUT2D eigenvalue weighted by atomic mass is 10.2. The van der Waals surface area contributed by atoms with Crippen LogP contribution in [0.3, 0.4) is 0 Å². The third-order valence-electron chi connectivity index (χ3n) is 2.57. The maximum Gasteiger partial charge on any atom is 0.132 e. The average Bonchev–Trinajstić information content (AvgIpc) is 2.36. The van der Waals surface area contributed by atoms with Crippen molar-refractivity contribution in [3.8, 4) is 5.75 Å². The molecule has 1 heterocycles. The van der Waals surface area contributed by atoms with Crippen molar-refractivity contribution in [2.75, 3.05) is 0 Å². The van der Waals surface area contributed by atoms with Gasteiger partial charge in [-0.25, -0.2) is 0 Å². The smallest absolute Gasteiger partial charge is 0.132 e. The number of aromatic nitrogens is 1. The molecule has 1 aromatic heterocycles. The van der Waals surface area contributed by atoms with Gasteiger partial charge in [0.05, 0.1) is 10.6 Å². The topological polar surface area (TPSA) is 72.0 Å². The van der Waals surface area contributed by atoms with Gasteiger partial charge in [0.2, 0.25) is 0 Å². The number of nitrogen functional groups attached to an aromatic ring is 1. The Morgan fingerprint density at radius 2 is 2.21 bits per heavy atom. The predicted molar refractivity (Wildman–Crippen MR) is 75.8 cm³/mol. The van der Waals surface area contributed by atoms with E-state index >= 15 is 0 Å². The van der Waals surface area contributed by atoms with Gasteiger partial charge in [-0.1, -0.05) is 17.7 Å². The normalized spacial score (nSPS) is 10.2. The van der Waals surface area contributed by atoms with Crippen LogP contribution in [-0.2, 0) is 6.61 Å². The van der Waals surface area contributed by atoms with Crippen LogP contribution in [0.15, 0.2) is 36.7 Å². The molecule has 0 fully saturated rings. The second-order valence-corrected chi connectivity index (χ2v) is 4.59. The molecule has 2 rings (SSSR count). The van der Waals surface area contributed by atoms with Gasteiger partial charge >= 0.3 is 0 Å². The van der Waals surface area contributed by atoms with Crippen LogP contribution >= 0.6 is 11.6 Å². The van der Waals surface area contributed by atoms with E-state index in [1.165, 1.54) is 0 Å². The van der Waals surface area contributed by atoms with Crippen LogP contribution in [0.2, 0.25) is 5.02 Å². The lowest BCUT2D eigenvalue weighted by Gasteiger charge is -2.12. The highest BCUT2D eigenvalue weighted by Crippen LogP contribution is 2.26. The lowest BCUT2D eigenvalue weighted by Crippen LogP contribution is -2.14. The number of halogens is 1. The minimum Gasteiger partial charge on any atom is -0.488 e. The lowest BCUT2D eigenvalue weighted by molar-refractivity contribution is 0.305. The Morgan fingerprint density at radius 3 is 2.89 bits per heavy atom. The molecule has 0 unspecified atom stereocenters. The molecule has 98 valence electrons. The quantitative estimate of drug-likeness (QED) is 0.666. The molecule has 0 atom stereocenters. The number of hydrogen-bond acceptors (Lipinski definition) is 3. The van der Waals surface area contributed by atoms with Gasteiger partial charge in [0, 0.05) is 18.0 Å². The van der Waals surface area contributed by atoms with Crippen LogP contribution in [0.4, 0.5) is 0 Å². The third kappa shape index (κ3) is 3.23. The van der Waals surface area contributed by atoms with E-state index in [4.69, 9.17) is 27.5 Å². The number of amidine groups is 1. The van der Waals surface area contributed by atoms with Crippen LogP contribution in [0.1, 0.15) is 16.7 Å². The van der Waals surface area contributed by atoms with Gasteiger partial charge in [0.15, 0.2) is 0 Å². The molecular weight excluding hydrogens is 262 g/mol. The number of benzene rings is 1. The third-order valence-corrected chi connectivity index (χ3v) is 2.89. The summed E-state index contributed by atoms with van der Waals surface area (Å²) in [6.45, 7) is 2.33. The van der Waals surface area contributed by atoms with E-state index in [1.807, 2.05) is 13.0 Å². The number of hydrogen-bond donors (Lipinski definition) is 2. The van der Waals surface area contributed by atoms with Crippen molar-refractivity contribution >= 4 is 17.4 Å². The number of ether oxygens (including phenoxy) is 1. The molecule has 0 spiro atoms. The minimum absolute atomic E-state index is 0.108. The molecule has 0 aliphatic carbocycles. The molecule has 0 saturated heterocycles. The molecule has 0 saturated carbocycles. The van der Waals surface area contributed by atoms with Gasteiger partial charge in [-0.3, -0.25) is 10.4 Å². The molecule has 0 aliphatic heterocycles. The standard InChI is InChI=1S/C14H14ClN3O/c1-9-5-10(7-18-6-9)8-19-12-4-2-3-11(15)13(12)14(16)17/h2-7H,8H2,1H3,(H3,16,17). The number of nitrogens with zero attached hydrogens (tertiary/aromatic N) is 1. The number of aryl methyl sites for hydroxylation is 1. The summed E-state index contributed by atoms with van der Waals surface area (Å²) in [4.78, 5) is 4.10. The molecule has 1 aromatic carbocycles. The van der Waals surface area contributed by atoms with Crippen molar-refractivity contribution < 1.29 is 4.74 Å². The van der Waals surface area contributed by atoms with Gasteiger partial charge in [-0.15, -0.1) is 0 Å². The Hall–Kier alpha value is -2.07. The zero-order valence-electron chi connectivity index (χ0n) is 10.5. The highest BCUT2D eigenvalue weighted by atomic mass is 35.5. The molecule has 4 nitrogen and oxygen atoms in total. The maximum absolute atomic E-state index is 7.54. The zero-order valence-corrected chi connectivity index (χ0v) is 11.2. The summed E-state index contributed by atoms with van der Waals surface area (Å²) in [5.41, 5.74) is 7.96. The molecular formula is C14H14ClN3O. The number of rotatable bonds is 4. The fourth-order valence-corrected chi connectivity index (χ4v) is 2.01. The maximum atomic E-state index is 7.54. The first-order valence-electron chi connectivity index (χ1n) is 5.74. The van der Waals surface area contributed by atoms with E-state index in [-0.39, 0.29) is 5.84 Å². The second-order valence-electron chi connectivity index (χ2n) is 4.19. The van der Waals surface area contributed by atoms with Crippen molar-refractivity contribution in [1.29, 1.82) is 5.41 Å². The van der Waals surface area contributed by atoms with Crippen LogP contribution in [0.5, 0.6) is 5.75 Å². The highest BCUT2D eigenvalue weighted by molar-refractivity contribution is 6.34. The summed E-state index contributed by atoms with van der Waals surface area (Å²) in [6.07, 6.45) is 3.52. The number of nitrogens with one attached hydrogen (secondary N) is 1. The summed E-state index contributed by atoms with van der Waals surface area (Å²) < 4.78 is 5.68. The van der Waals surface area contributed by atoms with Crippen molar-refractivity contribution in [3.63, 3.8) is 0 Å². The summed E-state index contributed by atoms with van der Waals surface area (Å²) in [5, 5.41) is 7.94. The first-order chi connectivity index (χ1) is 9.08. The fourth-order valence-electron chi connectivity index (χ4n) is 1.74. The van der Waals surface area contributed by atoms with E-state index < -0.39 is 0 Å². The van der Waals surface area contributed by atoms with E-state index in [0.29, 0.717) is 22.9 Å². The molecule has 0 bridgehead atoms. The van der Waals surface area contributed by atoms with Crippen LogP contribution in [0.25, 0.3) is 0 Å². The van der Waals surface area contributed by atoms with E-state index in [2.05, 4.69) is 4.98 Å². The second kappa shape index (κ2) is 5.71. The predicted octanol–water partition coefficient (Wildman–Crippen LogP) is 2.91. The highest BCUT2D eigenvalue weighted by Gasteiger charge is 2.11. The Kier molecular flexibility index (Phi) is 4.02. The minimum atomic E-state index is -0.108. The molecule has 0 amide bonds. The molecule has 5 heteroatoms. The van der Waals surface area contributed by atoms with Gasteiger partial charge < -0.3 is 10.5 Å². The van der Waals surface area contributed by atoms with Crippen molar-refractivity contribution in [1.82, 2.24) is 4.98 Å². The van der Waals surface area contributed by atoms with Crippen LogP contribution in [0, 0.1) is 12.3 Å². The number of nitrogens with two attached hydrogens (primary N) is 1. The Balaban J connectivity index is 2.20. The summed E-state index contributed by atoms with van der Waals surface area (Å²) in [5.74, 6) is 0.393. The van der Waals surface area contributed by atoms with Gasteiger partial charge in [0.1, 0.15) is 18.2 Å². The van der Waals surface area contributed by atoms with Gasteiger partial charge in [-0.05, 0) is 30.7 Å². The summed E-state index contributed by atoms with van der Waals surface area (Å²) in [6, 6.07) is 7.18. The Bertz CT molecular complexity index is 613. The molecule has 2 aromatic rings. The van der Waals surface area contributed by atoms with E-state index in [9.17, 15) is 0 Å². The molecule has 0 aliphatic rings. The van der Waals surface area contributed by atoms with Gasteiger partial charge in [-0.2, -0.15) is 0 Å². The number of pyridine rings is 1. The van der Waals surface area contributed by atoms with E-state index in [0.717, 1.165) is 11.1 Å². The molecule has 0 radical (unpaired) electrons. The largest absolute Gasteiger partial charge is 0.488 e. The van der Waals surface area contributed by atoms with Crippen molar-refractivity contribution in [2.45, 2.75) is 13.5 Å². The Morgan fingerprint density at radius 1 is 1.42 bits per heavy atom. The van der Waals surface area contributed by atoms with Gasteiger partial charge in [0.25, 0.3) is 0 Å². The fraction of sp³-hybridized carbons (Fsp3) is 0.143. The monoisotopic (exact) mass is 275 g/mol. The molecule has 3 N–H and O–H groups in total. The van der Waals surface area contributed by atoms with Crippen LogP contribution in [-0.4, -0.2) is 10.8 Å². The van der Waals surface area contributed by atoms with Crippen molar-refractivity contribution in [2.24, 2.45) is 5.73 Å². The van der Waals surface area contributed by atoms with Crippen molar-refractivity contribution in [3.05, 3.63) is 58.4 Å². The zero-order chi connectivity index (χ0) is 13.8. The SMILES string of the molecule is Cc1cncc(COc2cccc(Cl)c2C(=N)N)c1. The average molecular weight is 276 g/mol. The summed E-state index contributed by atoms with van der Waals surface area (Å²) in [7, 11) is 0. The van der Waals surface area contributed by atoms with E-state index in [1.54, 1.807) is 30.6 Å².